The number of anilines is 1. The van der Waals surface area contributed by atoms with E-state index in [-0.39, 0.29) is 12.1 Å². The summed E-state index contributed by atoms with van der Waals surface area (Å²) in [6.45, 7) is 0.642. The van der Waals surface area contributed by atoms with Gasteiger partial charge in [-0.25, -0.2) is 13.8 Å². The van der Waals surface area contributed by atoms with Crippen molar-refractivity contribution in [3.8, 4) is 0 Å². The molecule has 0 saturated heterocycles. The highest BCUT2D eigenvalue weighted by Gasteiger charge is 2.08. The second-order valence-corrected chi connectivity index (χ2v) is 5.40. The first-order chi connectivity index (χ1) is 11.5. The standard InChI is InChI=1S/C17H21F2N5/c1-20-17(23-11-13-9-14(18)6-7-15(13)19)22-10-12-5-4-8-21-16(12)24(2)3/h4-9H,10-11H2,1-3H3,(H2,20,22,23). The molecule has 128 valence electrons. The largest absolute Gasteiger partial charge is 0.362 e. The maximum atomic E-state index is 13.6. The lowest BCUT2D eigenvalue weighted by Crippen LogP contribution is -2.36. The number of rotatable bonds is 5. The van der Waals surface area contributed by atoms with Crippen LogP contribution >= 0.6 is 0 Å². The Kier molecular flexibility index (Phi) is 6.06. The minimum absolute atomic E-state index is 0.136. The Morgan fingerprint density at radius 3 is 2.50 bits per heavy atom. The molecule has 0 aliphatic rings. The fourth-order valence-electron chi connectivity index (χ4n) is 2.23. The van der Waals surface area contributed by atoms with Gasteiger partial charge < -0.3 is 15.5 Å². The van der Waals surface area contributed by atoms with Gasteiger partial charge in [-0.05, 0) is 24.3 Å². The van der Waals surface area contributed by atoms with Gasteiger partial charge in [-0.15, -0.1) is 0 Å². The van der Waals surface area contributed by atoms with Crippen LogP contribution in [0.25, 0.3) is 0 Å². The van der Waals surface area contributed by atoms with Crippen LogP contribution < -0.4 is 15.5 Å². The summed E-state index contributed by atoms with van der Waals surface area (Å²) in [6, 6.07) is 7.21. The van der Waals surface area contributed by atoms with E-state index in [2.05, 4.69) is 20.6 Å². The van der Waals surface area contributed by atoms with Crippen molar-refractivity contribution >= 4 is 11.8 Å². The average Bonchev–Trinajstić information content (AvgIpc) is 2.58. The van der Waals surface area contributed by atoms with Crippen molar-refractivity contribution < 1.29 is 8.78 Å². The van der Waals surface area contributed by atoms with E-state index in [1.807, 2.05) is 31.1 Å². The highest BCUT2D eigenvalue weighted by atomic mass is 19.1. The zero-order valence-electron chi connectivity index (χ0n) is 14.0. The molecule has 0 unspecified atom stereocenters. The third-order valence-corrected chi connectivity index (χ3v) is 3.42. The minimum atomic E-state index is -0.470. The minimum Gasteiger partial charge on any atom is -0.362 e. The predicted octanol–water partition coefficient (Wildman–Crippen LogP) is 2.29. The van der Waals surface area contributed by atoms with Crippen molar-refractivity contribution in [2.45, 2.75) is 13.1 Å². The number of aliphatic imine (C=N–C) groups is 1. The van der Waals surface area contributed by atoms with E-state index in [1.165, 1.54) is 6.07 Å². The van der Waals surface area contributed by atoms with Gasteiger partial charge in [-0.1, -0.05) is 6.07 Å². The Morgan fingerprint density at radius 2 is 1.83 bits per heavy atom. The summed E-state index contributed by atoms with van der Waals surface area (Å²) in [4.78, 5) is 10.3. The normalized spacial score (nSPS) is 11.3. The third-order valence-electron chi connectivity index (χ3n) is 3.42. The SMILES string of the molecule is CN=C(NCc1cc(F)ccc1F)NCc1cccnc1N(C)C. The molecule has 0 amide bonds. The predicted molar refractivity (Wildman–Crippen MR) is 92.0 cm³/mol. The van der Waals surface area contributed by atoms with Crippen LogP contribution in [0.5, 0.6) is 0 Å². The number of benzene rings is 1. The van der Waals surface area contributed by atoms with Crippen LogP contribution in [-0.4, -0.2) is 32.1 Å². The molecule has 1 heterocycles. The van der Waals surface area contributed by atoms with E-state index in [9.17, 15) is 8.78 Å². The van der Waals surface area contributed by atoms with Gasteiger partial charge in [0.2, 0.25) is 0 Å². The zero-order valence-corrected chi connectivity index (χ0v) is 14.0. The van der Waals surface area contributed by atoms with Crippen LogP contribution in [0.3, 0.4) is 0 Å². The molecular weight excluding hydrogens is 312 g/mol. The van der Waals surface area contributed by atoms with E-state index >= 15 is 0 Å². The topological polar surface area (TPSA) is 52.6 Å². The van der Waals surface area contributed by atoms with Gasteiger partial charge in [-0.3, -0.25) is 4.99 Å². The number of nitrogens with one attached hydrogen (secondary N) is 2. The Morgan fingerprint density at radius 1 is 1.12 bits per heavy atom. The number of halogens is 2. The van der Waals surface area contributed by atoms with Gasteiger partial charge in [0, 0.05) is 51.6 Å². The van der Waals surface area contributed by atoms with Crippen LogP contribution in [0.15, 0.2) is 41.5 Å². The lowest BCUT2D eigenvalue weighted by molar-refractivity contribution is 0.581. The zero-order chi connectivity index (χ0) is 17.5. The number of nitrogens with zero attached hydrogens (tertiary/aromatic N) is 3. The molecule has 0 aliphatic heterocycles. The fourth-order valence-corrected chi connectivity index (χ4v) is 2.23. The molecule has 0 spiro atoms. The van der Waals surface area contributed by atoms with Crippen molar-refractivity contribution in [2.24, 2.45) is 4.99 Å². The number of guanidine groups is 1. The summed E-state index contributed by atoms with van der Waals surface area (Å²) in [6.07, 6.45) is 1.73. The summed E-state index contributed by atoms with van der Waals surface area (Å²) < 4.78 is 26.8. The molecule has 24 heavy (non-hydrogen) atoms. The Hall–Kier alpha value is -2.70. The van der Waals surface area contributed by atoms with Crippen LogP contribution in [-0.2, 0) is 13.1 Å². The van der Waals surface area contributed by atoms with Crippen molar-refractivity contribution in [1.82, 2.24) is 15.6 Å². The van der Waals surface area contributed by atoms with Gasteiger partial charge in [0.25, 0.3) is 0 Å². The van der Waals surface area contributed by atoms with Crippen molar-refractivity contribution in [2.75, 3.05) is 26.0 Å². The Balaban J connectivity index is 1.97. The van der Waals surface area contributed by atoms with Crippen LogP contribution in [0.1, 0.15) is 11.1 Å². The first-order valence-electron chi connectivity index (χ1n) is 7.51. The molecule has 0 fully saturated rings. The van der Waals surface area contributed by atoms with E-state index in [4.69, 9.17) is 0 Å². The number of aromatic nitrogens is 1. The molecular formula is C17H21F2N5. The fraction of sp³-hybridized carbons (Fsp3) is 0.294. The molecule has 7 heteroatoms. The summed E-state index contributed by atoms with van der Waals surface area (Å²) >= 11 is 0. The van der Waals surface area contributed by atoms with Crippen LogP contribution in [0.4, 0.5) is 14.6 Å². The molecule has 5 nitrogen and oxygen atoms in total. The summed E-state index contributed by atoms with van der Waals surface area (Å²) in [5, 5.41) is 6.11. The molecule has 0 bridgehead atoms. The van der Waals surface area contributed by atoms with E-state index in [0.29, 0.717) is 12.5 Å². The second kappa shape index (κ2) is 8.24. The smallest absolute Gasteiger partial charge is 0.191 e. The number of hydrogen-bond donors (Lipinski definition) is 2. The molecule has 2 N–H and O–H groups in total. The van der Waals surface area contributed by atoms with Crippen molar-refractivity contribution in [1.29, 1.82) is 0 Å². The molecule has 1 aromatic carbocycles. The third kappa shape index (κ3) is 4.65. The summed E-state index contributed by atoms with van der Waals surface area (Å²) in [5.74, 6) is 0.424. The number of hydrogen-bond acceptors (Lipinski definition) is 3. The Bertz CT molecular complexity index is 716. The molecule has 1 aromatic heterocycles. The first-order valence-corrected chi connectivity index (χ1v) is 7.51. The van der Waals surface area contributed by atoms with Gasteiger partial charge in [-0.2, -0.15) is 0 Å². The second-order valence-electron chi connectivity index (χ2n) is 5.40. The molecule has 0 saturated carbocycles. The molecule has 0 aliphatic carbocycles. The summed E-state index contributed by atoms with van der Waals surface area (Å²) in [5.41, 5.74) is 1.25. The number of pyridine rings is 1. The van der Waals surface area contributed by atoms with Gasteiger partial charge >= 0.3 is 0 Å². The highest BCUT2D eigenvalue weighted by molar-refractivity contribution is 5.79. The molecule has 0 atom stereocenters. The molecule has 2 aromatic rings. The maximum absolute atomic E-state index is 13.6. The van der Waals surface area contributed by atoms with Gasteiger partial charge in [0.15, 0.2) is 5.96 Å². The van der Waals surface area contributed by atoms with E-state index in [0.717, 1.165) is 23.5 Å². The van der Waals surface area contributed by atoms with Gasteiger partial charge in [0.1, 0.15) is 17.5 Å². The molecule has 0 radical (unpaired) electrons. The average molecular weight is 333 g/mol. The lowest BCUT2D eigenvalue weighted by Gasteiger charge is -2.17. The van der Waals surface area contributed by atoms with Crippen molar-refractivity contribution in [3.63, 3.8) is 0 Å². The van der Waals surface area contributed by atoms with Crippen LogP contribution in [0, 0.1) is 11.6 Å². The lowest BCUT2D eigenvalue weighted by atomic mass is 10.2. The monoisotopic (exact) mass is 333 g/mol. The highest BCUT2D eigenvalue weighted by Crippen LogP contribution is 2.14. The Labute approximate surface area is 140 Å². The first kappa shape index (κ1) is 17.7. The van der Waals surface area contributed by atoms with Crippen molar-refractivity contribution in [3.05, 3.63) is 59.3 Å². The maximum Gasteiger partial charge on any atom is 0.191 e. The van der Waals surface area contributed by atoms with E-state index < -0.39 is 11.6 Å². The molecule has 2 rings (SSSR count). The quantitative estimate of drug-likeness (QED) is 0.651. The van der Waals surface area contributed by atoms with E-state index in [1.54, 1.807) is 13.2 Å². The van der Waals surface area contributed by atoms with Gasteiger partial charge in [0.05, 0.1) is 0 Å². The van der Waals surface area contributed by atoms with Crippen LogP contribution in [0.2, 0.25) is 0 Å². The summed E-state index contributed by atoms with van der Waals surface area (Å²) in [7, 11) is 5.46.